The fraction of sp³-hybridized carbons (Fsp3) is 0.714. The second-order valence-electron chi connectivity index (χ2n) is 5.11. The standard InChI is InChI=1S/C14H24O/c1-6-11(7-2)13(15)12-9-8-10(3)14(12,4)5/h6,8,12-13,15H,7,9H2,1-5H3. The van der Waals surface area contributed by atoms with Gasteiger partial charge in [0.05, 0.1) is 6.10 Å². The van der Waals surface area contributed by atoms with Crippen LogP contribution in [0.2, 0.25) is 0 Å². The molecule has 0 aromatic heterocycles. The molecular formula is C14H24O. The Morgan fingerprint density at radius 1 is 1.67 bits per heavy atom. The van der Waals surface area contributed by atoms with Crippen molar-refractivity contribution >= 4 is 0 Å². The molecule has 1 aliphatic carbocycles. The van der Waals surface area contributed by atoms with Crippen molar-refractivity contribution in [1.82, 2.24) is 0 Å². The van der Waals surface area contributed by atoms with Crippen LogP contribution in [0.15, 0.2) is 23.3 Å². The van der Waals surface area contributed by atoms with Crippen LogP contribution < -0.4 is 0 Å². The largest absolute Gasteiger partial charge is 0.388 e. The highest BCUT2D eigenvalue weighted by Crippen LogP contribution is 2.46. The minimum atomic E-state index is -0.274. The van der Waals surface area contributed by atoms with E-state index in [1.54, 1.807) is 0 Å². The molecule has 2 atom stereocenters. The lowest BCUT2D eigenvalue weighted by Gasteiger charge is -2.34. The Morgan fingerprint density at radius 3 is 2.60 bits per heavy atom. The first-order chi connectivity index (χ1) is 6.95. The number of aliphatic hydroxyl groups is 1. The molecule has 0 saturated heterocycles. The summed E-state index contributed by atoms with van der Waals surface area (Å²) in [4.78, 5) is 0. The molecule has 15 heavy (non-hydrogen) atoms. The second kappa shape index (κ2) is 4.52. The van der Waals surface area contributed by atoms with Crippen LogP contribution in [0.4, 0.5) is 0 Å². The molecule has 2 unspecified atom stereocenters. The van der Waals surface area contributed by atoms with Gasteiger partial charge in [-0.1, -0.05) is 38.5 Å². The summed E-state index contributed by atoms with van der Waals surface area (Å²) in [6, 6.07) is 0. The number of rotatable bonds is 3. The number of hydrogen-bond acceptors (Lipinski definition) is 1. The van der Waals surface area contributed by atoms with Crippen LogP contribution in [0.3, 0.4) is 0 Å². The van der Waals surface area contributed by atoms with E-state index in [2.05, 4.69) is 39.8 Å². The summed E-state index contributed by atoms with van der Waals surface area (Å²) in [5, 5.41) is 10.4. The van der Waals surface area contributed by atoms with Crippen LogP contribution in [0.5, 0.6) is 0 Å². The van der Waals surface area contributed by atoms with Gasteiger partial charge >= 0.3 is 0 Å². The van der Waals surface area contributed by atoms with Gasteiger partial charge in [0.1, 0.15) is 0 Å². The molecule has 0 aliphatic heterocycles. The van der Waals surface area contributed by atoms with E-state index in [0.29, 0.717) is 5.92 Å². The highest BCUT2D eigenvalue weighted by molar-refractivity contribution is 5.23. The van der Waals surface area contributed by atoms with Gasteiger partial charge in [0.25, 0.3) is 0 Å². The SMILES string of the molecule is CC=C(CC)C(O)C1CC=C(C)C1(C)C. The molecule has 0 amide bonds. The molecule has 1 heteroatoms. The third-order valence-electron chi connectivity index (χ3n) is 4.16. The monoisotopic (exact) mass is 208 g/mol. The Hall–Kier alpha value is -0.560. The molecule has 86 valence electrons. The molecule has 0 fully saturated rings. The Labute approximate surface area is 93.9 Å². The Balaban J connectivity index is 2.84. The van der Waals surface area contributed by atoms with Crippen LogP contribution in [-0.4, -0.2) is 11.2 Å². The summed E-state index contributed by atoms with van der Waals surface area (Å²) >= 11 is 0. The molecule has 1 nitrogen and oxygen atoms in total. The lowest BCUT2D eigenvalue weighted by molar-refractivity contribution is 0.0865. The van der Waals surface area contributed by atoms with E-state index in [4.69, 9.17) is 0 Å². The summed E-state index contributed by atoms with van der Waals surface area (Å²) in [5.41, 5.74) is 2.73. The highest BCUT2D eigenvalue weighted by Gasteiger charge is 2.39. The second-order valence-corrected chi connectivity index (χ2v) is 5.11. The van der Waals surface area contributed by atoms with E-state index >= 15 is 0 Å². The third kappa shape index (κ3) is 2.17. The topological polar surface area (TPSA) is 20.2 Å². The zero-order chi connectivity index (χ0) is 11.6. The van der Waals surface area contributed by atoms with Crippen LogP contribution in [0.1, 0.15) is 47.5 Å². The van der Waals surface area contributed by atoms with Gasteiger partial charge in [0.2, 0.25) is 0 Å². The first kappa shape index (κ1) is 12.5. The summed E-state index contributed by atoms with van der Waals surface area (Å²) in [5.74, 6) is 0.351. The Kier molecular flexibility index (Phi) is 3.77. The van der Waals surface area contributed by atoms with E-state index in [1.807, 2.05) is 6.92 Å². The summed E-state index contributed by atoms with van der Waals surface area (Å²) < 4.78 is 0. The van der Waals surface area contributed by atoms with Crippen molar-refractivity contribution in [2.45, 2.75) is 53.6 Å². The van der Waals surface area contributed by atoms with E-state index in [0.717, 1.165) is 12.8 Å². The third-order valence-corrected chi connectivity index (χ3v) is 4.16. The van der Waals surface area contributed by atoms with Crippen molar-refractivity contribution in [1.29, 1.82) is 0 Å². The van der Waals surface area contributed by atoms with Gasteiger partial charge in [0, 0.05) is 5.92 Å². The van der Waals surface area contributed by atoms with Crippen molar-refractivity contribution in [2.75, 3.05) is 0 Å². The average Bonchev–Trinajstić information content (AvgIpc) is 2.44. The van der Waals surface area contributed by atoms with E-state index < -0.39 is 0 Å². The minimum absolute atomic E-state index is 0.142. The maximum absolute atomic E-state index is 10.4. The maximum atomic E-state index is 10.4. The van der Waals surface area contributed by atoms with Crippen molar-refractivity contribution in [3.63, 3.8) is 0 Å². The molecule has 0 heterocycles. The molecule has 1 N–H and O–H groups in total. The molecule has 0 bridgehead atoms. The lowest BCUT2D eigenvalue weighted by Crippen LogP contribution is -2.32. The lowest BCUT2D eigenvalue weighted by atomic mass is 9.73. The maximum Gasteiger partial charge on any atom is 0.0789 e. The molecule has 0 radical (unpaired) electrons. The molecule has 0 saturated carbocycles. The van der Waals surface area contributed by atoms with Crippen LogP contribution in [0.25, 0.3) is 0 Å². The molecular weight excluding hydrogens is 184 g/mol. The van der Waals surface area contributed by atoms with Crippen molar-refractivity contribution in [3.05, 3.63) is 23.3 Å². The van der Waals surface area contributed by atoms with Gasteiger partial charge in [-0.05, 0) is 37.7 Å². The molecule has 0 aromatic carbocycles. The summed E-state index contributed by atoms with van der Waals surface area (Å²) in [6.45, 7) is 10.8. The quantitative estimate of drug-likeness (QED) is 0.701. The highest BCUT2D eigenvalue weighted by atomic mass is 16.3. The van der Waals surface area contributed by atoms with Gasteiger partial charge in [-0.15, -0.1) is 0 Å². The normalized spacial score (nSPS) is 27.7. The van der Waals surface area contributed by atoms with E-state index in [1.165, 1.54) is 11.1 Å². The fourth-order valence-electron chi connectivity index (χ4n) is 2.52. The van der Waals surface area contributed by atoms with Gasteiger partial charge in [0.15, 0.2) is 0 Å². The number of allylic oxidation sites excluding steroid dienone is 3. The molecule has 0 aromatic rings. The fourth-order valence-corrected chi connectivity index (χ4v) is 2.52. The molecule has 1 rings (SSSR count). The van der Waals surface area contributed by atoms with Gasteiger partial charge in [-0.3, -0.25) is 0 Å². The minimum Gasteiger partial charge on any atom is -0.388 e. The van der Waals surface area contributed by atoms with Crippen LogP contribution in [0, 0.1) is 11.3 Å². The van der Waals surface area contributed by atoms with Gasteiger partial charge in [-0.2, -0.15) is 0 Å². The first-order valence-electron chi connectivity index (χ1n) is 5.95. The van der Waals surface area contributed by atoms with Gasteiger partial charge < -0.3 is 5.11 Å². The number of hydrogen-bond donors (Lipinski definition) is 1. The molecule has 0 spiro atoms. The predicted octanol–water partition coefficient (Wildman–Crippen LogP) is 3.70. The zero-order valence-corrected chi connectivity index (χ0v) is 10.7. The van der Waals surface area contributed by atoms with Crippen LogP contribution in [-0.2, 0) is 0 Å². The average molecular weight is 208 g/mol. The first-order valence-corrected chi connectivity index (χ1v) is 5.95. The summed E-state index contributed by atoms with van der Waals surface area (Å²) in [6.07, 6.45) is 6.02. The van der Waals surface area contributed by atoms with Crippen molar-refractivity contribution in [2.24, 2.45) is 11.3 Å². The Bertz CT molecular complexity index is 284. The predicted molar refractivity (Wildman–Crippen MR) is 65.7 cm³/mol. The van der Waals surface area contributed by atoms with Crippen LogP contribution >= 0.6 is 0 Å². The smallest absolute Gasteiger partial charge is 0.0789 e. The van der Waals surface area contributed by atoms with E-state index in [9.17, 15) is 5.11 Å². The van der Waals surface area contributed by atoms with Crippen molar-refractivity contribution < 1.29 is 5.11 Å². The molecule has 1 aliphatic rings. The summed E-state index contributed by atoms with van der Waals surface area (Å²) in [7, 11) is 0. The zero-order valence-electron chi connectivity index (χ0n) is 10.7. The number of aliphatic hydroxyl groups excluding tert-OH is 1. The Morgan fingerprint density at radius 2 is 2.27 bits per heavy atom. The van der Waals surface area contributed by atoms with Crippen molar-refractivity contribution in [3.8, 4) is 0 Å². The van der Waals surface area contributed by atoms with E-state index in [-0.39, 0.29) is 11.5 Å². The van der Waals surface area contributed by atoms with Gasteiger partial charge in [-0.25, -0.2) is 0 Å².